The van der Waals surface area contributed by atoms with Gasteiger partial charge in [-0.15, -0.1) is 11.3 Å². The third-order valence-electron chi connectivity index (χ3n) is 6.57. The first-order chi connectivity index (χ1) is 14.6. The molecule has 2 atom stereocenters. The predicted octanol–water partition coefficient (Wildman–Crippen LogP) is 5.27. The molecule has 5 nitrogen and oxygen atoms in total. The molecule has 2 N–H and O–H groups in total. The van der Waals surface area contributed by atoms with E-state index in [1.807, 2.05) is 0 Å². The Morgan fingerprint density at radius 3 is 2.73 bits per heavy atom. The van der Waals surface area contributed by atoms with Gasteiger partial charge in [-0.1, -0.05) is 6.92 Å². The van der Waals surface area contributed by atoms with E-state index in [2.05, 4.69) is 53.3 Å². The largest absolute Gasteiger partial charge is 0.375 e. The molecule has 2 aromatic heterocycles. The highest BCUT2D eigenvalue weighted by molar-refractivity contribution is 7.18. The summed E-state index contributed by atoms with van der Waals surface area (Å²) in [5.74, 6) is 1.40. The van der Waals surface area contributed by atoms with Gasteiger partial charge in [0.05, 0.1) is 11.4 Å². The maximum absolute atomic E-state index is 12.9. The van der Waals surface area contributed by atoms with Crippen molar-refractivity contribution < 1.29 is 0 Å². The molecule has 30 heavy (non-hydrogen) atoms. The molecule has 5 rings (SSSR count). The first kappa shape index (κ1) is 19.6. The minimum Gasteiger partial charge on any atom is -0.375 e. The summed E-state index contributed by atoms with van der Waals surface area (Å²) in [5, 5.41) is 4.33. The zero-order valence-corrected chi connectivity index (χ0v) is 18.6. The van der Waals surface area contributed by atoms with Crippen LogP contribution in [0.15, 0.2) is 29.1 Å². The van der Waals surface area contributed by atoms with Crippen LogP contribution in [0, 0.1) is 5.92 Å². The van der Waals surface area contributed by atoms with Gasteiger partial charge in [0.25, 0.3) is 5.56 Å². The Bertz CT molecular complexity index is 1090. The highest BCUT2D eigenvalue weighted by Gasteiger charge is 2.23. The molecule has 0 spiro atoms. The number of nitrogens with one attached hydrogen (secondary N) is 2. The van der Waals surface area contributed by atoms with E-state index in [0.29, 0.717) is 11.7 Å². The molecule has 0 radical (unpaired) electrons. The Morgan fingerprint density at radius 2 is 1.97 bits per heavy atom. The zero-order chi connectivity index (χ0) is 20.7. The normalized spacial score (nSPS) is 20.2. The number of aryl methyl sites for hydroxylation is 1. The van der Waals surface area contributed by atoms with Gasteiger partial charge in [0.1, 0.15) is 10.7 Å². The maximum atomic E-state index is 12.9. The smallest absolute Gasteiger partial charge is 0.259 e. The first-order valence-corrected chi connectivity index (χ1v) is 12.1. The lowest BCUT2D eigenvalue weighted by atomic mass is 9.89. The fraction of sp³-hybridized carbons (Fsp3) is 0.500. The number of H-pyrrole nitrogens is 1. The third kappa shape index (κ3) is 3.73. The molecule has 1 saturated heterocycles. The average molecular weight is 423 g/mol. The van der Waals surface area contributed by atoms with Crippen LogP contribution in [0.5, 0.6) is 0 Å². The second kappa shape index (κ2) is 8.06. The van der Waals surface area contributed by atoms with Gasteiger partial charge in [-0.05, 0) is 81.2 Å². The van der Waals surface area contributed by atoms with Gasteiger partial charge in [-0.25, -0.2) is 4.98 Å². The molecule has 6 heteroatoms. The molecule has 3 aromatic rings. The van der Waals surface area contributed by atoms with Crippen molar-refractivity contribution >= 4 is 32.9 Å². The van der Waals surface area contributed by atoms with Crippen LogP contribution in [-0.2, 0) is 12.8 Å². The summed E-state index contributed by atoms with van der Waals surface area (Å²) < 4.78 is 0. The number of piperidine rings is 1. The molecule has 0 amide bonds. The molecule has 0 unspecified atom stereocenters. The number of rotatable bonds is 4. The molecule has 1 aromatic carbocycles. The minimum atomic E-state index is -0.0685. The van der Waals surface area contributed by atoms with Crippen molar-refractivity contribution in [1.29, 1.82) is 0 Å². The molecule has 1 aliphatic heterocycles. The second-order valence-corrected chi connectivity index (χ2v) is 10.0. The van der Waals surface area contributed by atoms with Crippen LogP contribution in [0.2, 0.25) is 0 Å². The van der Waals surface area contributed by atoms with Gasteiger partial charge in [0.15, 0.2) is 0 Å². The molecular formula is C24H30N4OS. The van der Waals surface area contributed by atoms with Gasteiger partial charge in [0, 0.05) is 29.3 Å². The van der Waals surface area contributed by atoms with Crippen LogP contribution < -0.4 is 15.8 Å². The summed E-state index contributed by atoms with van der Waals surface area (Å²) in [6, 6.07) is 8.56. The van der Waals surface area contributed by atoms with Crippen LogP contribution in [0.4, 0.5) is 11.4 Å². The second-order valence-electron chi connectivity index (χ2n) is 8.94. The van der Waals surface area contributed by atoms with Crippen molar-refractivity contribution in [2.45, 2.75) is 58.4 Å². The highest BCUT2D eigenvalue weighted by atomic mass is 32.1. The van der Waals surface area contributed by atoms with Crippen LogP contribution in [0.3, 0.4) is 0 Å². The number of hydrogen-bond acceptors (Lipinski definition) is 5. The highest BCUT2D eigenvalue weighted by Crippen LogP contribution is 2.36. The molecular weight excluding hydrogens is 392 g/mol. The van der Waals surface area contributed by atoms with Gasteiger partial charge in [-0.3, -0.25) is 4.79 Å². The number of aromatic amines is 1. The van der Waals surface area contributed by atoms with Crippen molar-refractivity contribution in [1.82, 2.24) is 9.97 Å². The topological polar surface area (TPSA) is 61.0 Å². The van der Waals surface area contributed by atoms with Crippen molar-refractivity contribution in [3.05, 3.63) is 50.9 Å². The van der Waals surface area contributed by atoms with E-state index in [9.17, 15) is 4.79 Å². The SMILES string of the molecule is C[C@@H]1CCc2c(sc3nc([C@H](C)Nc4ccc(N5CCCCC5)cc4)[nH]c(=O)c23)C1. The van der Waals surface area contributed by atoms with Crippen molar-refractivity contribution in [2.24, 2.45) is 5.92 Å². The fourth-order valence-electron chi connectivity index (χ4n) is 4.81. The Morgan fingerprint density at radius 1 is 1.20 bits per heavy atom. The zero-order valence-electron chi connectivity index (χ0n) is 17.8. The summed E-state index contributed by atoms with van der Waals surface area (Å²) in [5.41, 5.74) is 3.59. The standard InChI is InChI=1S/C24H30N4OS/c1-15-6-11-19-20(14-15)30-24-21(19)23(29)26-22(27-24)16(2)25-17-7-9-18(10-8-17)28-12-4-3-5-13-28/h7-10,15-16,25H,3-6,11-14H2,1-2H3,(H,26,27,29)/t15-,16+/m1/s1. The number of thiophene rings is 1. The Balaban J connectivity index is 1.36. The van der Waals surface area contributed by atoms with Crippen LogP contribution >= 0.6 is 11.3 Å². The minimum absolute atomic E-state index is 0.0103. The molecule has 1 aliphatic carbocycles. The number of hydrogen-bond donors (Lipinski definition) is 2. The van der Waals surface area contributed by atoms with Gasteiger partial charge in [0.2, 0.25) is 0 Å². The number of fused-ring (bicyclic) bond motifs is 3. The van der Waals surface area contributed by atoms with E-state index in [0.717, 1.165) is 48.3 Å². The van der Waals surface area contributed by atoms with E-state index in [1.165, 1.54) is 35.4 Å². The first-order valence-electron chi connectivity index (χ1n) is 11.2. The van der Waals surface area contributed by atoms with E-state index in [-0.39, 0.29) is 11.6 Å². The number of benzene rings is 1. The third-order valence-corrected chi connectivity index (χ3v) is 7.71. The Hall–Kier alpha value is -2.34. The van der Waals surface area contributed by atoms with E-state index in [1.54, 1.807) is 11.3 Å². The average Bonchev–Trinajstić information content (AvgIpc) is 3.12. The summed E-state index contributed by atoms with van der Waals surface area (Å²) in [7, 11) is 0. The summed E-state index contributed by atoms with van der Waals surface area (Å²) in [6.45, 7) is 6.65. The number of anilines is 2. The Labute approximate surface area is 181 Å². The van der Waals surface area contributed by atoms with E-state index in [4.69, 9.17) is 4.98 Å². The quantitative estimate of drug-likeness (QED) is 0.601. The summed E-state index contributed by atoms with van der Waals surface area (Å²) in [4.78, 5) is 25.5. The predicted molar refractivity (Wildman–Crippen MR) is 126 cm³/mol. The van der Waals surface area contributed by atoms with Crippen molar-refractivity contribution in [2.75, 3.05) is 23.3 Å². The molecule has 0 bridgehead atoms. The molecule has 1 fully saturated rings. The Kier molecular flexibility index (Phi) is 5.27. The van der Waals surface area contributed by atoms with Crippen molar-refractivity contribution in [3.8, 4) is 0 Å². The number of aromatic nitrogens is 2. The maximum Gasteiger partial charge on any atom is 0.259 e. The summed E-state index contributed by atoms with van der Waals surface area (Å²) >= 11 is 1.71. The molecule has 158 valence electrons. The van der Waals surface area contributed by atoms with Crippen molar-refractivity contribution in [3.63, 3.8) is 0 Å². The van der Waals surface area contributed by atoms with E-state index >= 15 is 0 Å². The number of nitrogens with zero attached hydrogens (tertiary/aromatic N) is 2. The van der Waals surface area contributed by atoms with Gasteiger partial charge < -0.3 is 15.2 Å². The fourth-order valence-corrected chi connectivity index (χ4v) is 6.20. The monoisotopic (exact) mass is 422 g/mol. The van der Waals surface area contributed by atoms with Gasteiger partial charge >= 0.3 is 0 Å². The van der Waals surface area contributed by atoms with Crippen LogP contribution in [0.25, 0.3) is 10.2 Å². The molecule has 3 heterocycles. The lowest BCUT2D eigenvalue weighted by Gasteiger charge is -2.29. The lowest BCUT2D eigenvalue weighted by molar-refractivity contribution is 0.509. The summed E-state index contributed by atoms with van der Waals surface area (Å²) in [6.07, 6.45) is 7.13. The van der Waals surface area contributed by atoms with Crippen LogP contribution in [0.1, 0.15) is 61.8 Å². The molecule has 2 aliphatic rings. The lowest BCUT2D eigenvalue weighted by Crippen LogP contribution is -2.29. The van der Waals surface area contributed by atoms with Crippen LogP contribution in [-0.4, -0.2) is 23.1 Å². The van der Waals surface area contributed by atoms with E-state index < -0.39 is 0 Å². The molecule has 0 saturated carbocycles. The van der Waals surface area contributed by atoms with Gasteiger partial charge in [-0.2, -0.15) is 0 Å².